The van der Waals surface area contributed by atoms with Crippen LogP contribution in [0.2, 0.25) is 0 Å². The van der Waals surface area contributed by atoms with Crippen molar-refractivity contribution in [2.24, 2.45) is 0 Å². The maximum absolute atomic E-state index is 12.9. The normalized spacial score (nSPS) is 11.3. The van der Waals surface area contributed by atoms with Crippen LogP contribution >= 0.6 is 11.3 Å². The van der Waals surface area contributed by atoms with Crippen molar-refractivity contribution < 1.29 is 8.81 Å². The fourth-order valence-electron chi connectivity index (χ4n) is 1.81. The molecule has 2 aromatic heterocycles. The molecular formula is C16H12FNOS. The minimum atomic E-state index is -0.239. The Balaban J connectivity index is 1.80. The number of benzene rings is 1. The molecule has 0 aliphatic rings. The van der Waals surface area contributed by atoms with Crippen LogP contribution in [0.15, 0.2) is 46.2 Å². The maximum atomic E-state index is 12.9. The summed E-state index contributed by atoms with van der Waals surface area (Å²) in [5.74, 6) is 1.45. The molecule has 0 atom stereocenters. The Hall–Kier alpha value is -2.20. The van der Waals surface area contributed by atoms with Crippen LogP contribution in [0.1, 0.15) is 16.5 Å². The van der Waals surface area contributed by atoms with Gasteiger partial charge >= 0.3 is 0 Å². The van der Waals surface area contributed by atoms with E-state index in [1.807, 2.05) is 36.6 Å². The van der Waals surface area contributed by atoms with Crippen molar-refractivity contribution in [1.29, 1.82) is 0 Å². The van der Waals surface area contributed by atoms with Crippen LogP contribution in [0.5, 0.6) is 0 Å². The molecule has 0 aliphatic carbocycles. The third kappa shape index (κ3) is 2.86. The SMILES string of the molecule is Cc1ccc(/C=C/c2nc(-c3ccc(F)cc3)cs2)o1. The average molecular weight is 285 g/mol. The van der Waals surface area contributed by atoms with E-state index in [9.17, 15) is 4.39 Å². The minimum Gasteiger partial charge on any atom is -0.462 e. The van der Waals surface area contributed by atoms with E-state index in [1.54, 1.807) is 23.5 Å². The van der Waals surface area contributed by atoms with Crippen molar-refractivity contribution in [2.75, 3.05) is 0 Å². The van der Waals surface area contributed by atoms with Crippen LogP contribution in [-0.2, 0) is 0 Å². The molecule has 0 fully saturated rings. The van der Waals surface area contributed by atoms with Gasteiger partial charge in [0, 0.05) is 10.9 Å². The smallest absolute Gasteiger partial charge is 0.127 e. The molecule has 0 saturated heterocycles. The molecule has 0 saturated carbocycles. The molecule has 2 heterocycles. The number of halogens is 1. The van der Waals surface area contributed by atoms with Gasteiger partial charge in [-0.3, -0.25) is 0 Å². The summed E-state index contributed by atoms with van der Waals surface area (Å²) in [6.45, 7) is 1.91. The number of hydrogen-bond donors (Lipinski definition) is 0. The van der Waals surface area contributed by atoms with Crippen molar-refractivity contribution in [2.45, 2.75) is 6.92 Å². The standard InChI is InChI=1S/C16H12FNOS/c1-11-2-7-14(19-11)8-9-16-18-15(10-20-16)12-3-5-13(17)6-4-12/h2-10H,1H3/b9-8+. The number of aryl methyl sites for hydroxylation is 1. The monoisotopic (exact) mass is 285 g/mol. The second-order valence-corrected chi connectivity index (χ2v) is 5.25. The molecule has 20 heavy (non-hydrogen) atoms. The summed E-state index contributed by atoms with van der Waals surface area (Å²) >= 11 is 1.54. The Bertz CT molecular complexity index is 740. The molecule has 0 N–H and O–H groups in total. The van der Waals surface area contributed by atoms with E-state index in [4.69, 9.17) is 4.42 Å². The number of thiazole rings is 1. The van der Waals surface area contributed by atoms with E-state index in [2.05, 4.69) is 4.98 Å². The van der Waals surface area contributed by atoms with Gasteiger partial charge in [-0.1, -0.05) is 0 Å². The lowest BCUT2D eigenvalue weighted by atomic mass is 10.2. The molecule has 100 valence electrons. The molecule has 1 aromatic carbocycles. The highest BCUT2D eigenvalue weighted by Crippen LogP contribution is 2.23. The Kier molecular flexibility index (Phi) is 3.48. The molecule has 0 spiro atoms. The second kappa shape index (κ2) is 5.43. The van der Waals surface area contributed by atoms with E-state index in [1.165, 1.54) is 12.1 Å². The Morgan fingerprint density at radius 2 is 1.90 bits per heavy atom. The predicted molar refractivity (Wildman–Crippen MR) is 79.9 cm³/mol. The zero-order valence-electron chi connectivity index (χ0n) is 10.8. The van der Waals surface area contributed by atoms with E-state index < -0.39 is 0 Å². The summed E-state index contributed by atoms with van der Waals surface area (Å²) < 4.78 is 18.3. The van der Waals surface area contributed by atoms with Crippen LogP contribution in [-0.4, -0.2) is 4.98 Å². The highest BCUT2D eigenvalue weighted by atomic mass is 32.1. The van der Waals surface area contributed by atoms with Gasteiger partial charge in [-0.2, -0.15) is 0 Å². The highest BCUT2D eigenvalue weighted by Gasteiger charge is 2.03. The van der Waals surface area contributed by atoms with Gasteiger partial charge in [0.1, 0.15) is 22.3 Å². The lowest BCUT2D eigenvalue weighted by Gasteiger charge is -1.94. The number of furan rings is 1. The van der Waals surface area contributed by atoms with Crippen molar-refractivity contribution in [1.82, 2.24) is 4.98 Å². The molecule has 4 heteroatoms. The highest BCUT2D eigenvalue weighted by molar-refractivity contribution is 7.10. The number of hydrogen-bond acceptors (Lipinski definition) is 3. The molecular weight excluding hydrogens is 273 g/mol. The van der Waals surface area contributed by atoms with Crippen molar-refractivity contribution in [3.63, 3.8) is 0 Å². The van der Waals surface area contributed by atoms with E-state index in [0.717, 1.165) is 27.8 Å². The Labute approximate surface area is 120 Å². The lowest BCUT2D eigenvalue weighted by Crippen LogP contribution is -1.79. The third-order valence-electron chi connectivity index (χ3n) is 2.81. The first-order valence-corrected chi connectivity index (χ1v) is 7.05. The summed E-state index contributed by atoms with van der Waals surface area (Å²) in [7, 11) is 0. The van der Waals surface area contributed by atoms with Gasteiger partial charge in [-0.25, -0.2) is 9.37 Å². The summed E-state index contributed by atoms with van der Waals surface area (Å²) in [6.07, 6.45) is 3.80. The zero-order valence-corrected chi connectivity index (χ0v) is 11.7. The van der Waals surface area contributed by atoms with Crippen molar-refractivity contribution in [3.8, 4) is 11.3 Å². The fourth-order valence-corrected chi connectivity index (χ4v) is 2.53. The van der Waals surface area contributed by atoms with Crippen molar-refractivity contribution in [3.05, 3.63) is 64.1 Å². The molecule has 0 radical (unpaired) electrons. The Morgan fingerprint density at radius 3 is 2.60 bits per heavy atom. The molecule has 0 bridgehead atoms. The van der Waals surface area contributed by atoms with Crippen LogP contribution in [0, 0.1) is 12.7 Å². The van der Waals surface area contributed by atoms with Gasteiger partial charge in [0.2, 0.25) is 0 Å². The second-order valence-electron chi connectivity index (χ2n) is 4.36. The first-order valence-electron chi connectivity index (χ1n) is 6.17. The largest absolute Gasteiger partial charge is 0.462 e. The van der Waals surface area contributed by atoms with Gasteiger partial charge in [-0.15, -0.1) is 11.3 Å². The quantitative estimate of drug-likeness (QED) is 0.675. The molecule has 0 amide bonds. The maximum Gasteiger partial charge on any atom is 0.127 e. The summed E-state index contributed by atoms with van der Waals surface area (Å²) in [5.41, 5.74) is 1.77. The van der Waals surface area contributed by atoms with Gasteiger partial charge < -0.3 is 4.42 Å². The molecule has 3 aromatic rings. The summed E-state index contributed by atoms with van der Waals surface area (Å²) in [4.78, 5) is 4.50. The van der Waals surface area contributed by atoms with E-state index in [-0.39, 0.29) is 5.82 Å². The minimum absolute atomic E-state index is 0.239. The number of rotatable bonds is 3. The first-order chi connectivity index (χ1) is 9.70. The summed E-state index contributed by atoms with van der Waals surface area (Å²) in [5, 5.41) is 2.85. The number of aromatic nitrogens is 1. The van der Waals surface area contributed by atoms with Crippen LogP contribution < -0.4 is 0 Å². The average Bonchev–Trinajstić information content (AvgIpc) is 3.06. The van der Waals surface area contributed by atoms with Crippen molar-refractivity contribution >= 4 is 23.5 Å². The molecule has 2 nitrogen and oxygen atoms in total. The lowest BCUT2D eigenvalue weighted by molar-refractivity contribution is 0.525. The topological polar surface area (TPSA) is 26.0 Å². The van der Waals surface area contributed by atoms with E-state index in [0.29, 0.717) is 0 Å². The molecule has 0 aliphatic heterocycles. The van der Waals surface area contributed by atoms with Gasteiger partial charge in [0.05, 0.1) is 5.69 Å². The zero-order chi connectivity index (χ0) is 13.9. The third-order valence-corrected chi connectivity index (χ3v) is 3.62. The van der Waals surface area contributed by atoms with Crippen LogP contribution in [0.25, 0.3) is 23.4 Å². The molecule has 0 unspecified atom stereocenters. The number of nitrogens with zero attached hydrogens (tertiary/aromatic N) is 1. The molecule has 3 rings (SSSR count). The van der Waals surface area contributed by atoms with Gasteiger partial charge in [-0.05, 0) is 55.5 Å². The van der Waals surface area contributed by atoms with Gasteiger partial charge in [0.25, 0.3) is 0 Å². The van der Waals surface area contributed by atoms with E-state index >= 15 is 0 Å². The Morgan fingerprint density at radius 1 is 1.10 bits per heavy atom. The van der Waals surface area contributed by atoms with Gasteiger partial charge in [0.15, 0.2) is 0 Å². The van der Waals surface area contributed by atoms with Crippen LogP contribution in [0.3, 0.4) is 0 Å². The summed E-state index contributed by atoms with van der Waals surface area (Å²) in [6, 6.07) is 10.2. The van der Waals surface area contributed by atoms with Crippen LogP contribution in [0.4, 0.5) is 4.39 Å². The predicted octanol–water partition coefficient (Wildman–Crippen LogP) is 5.02. The fraction of sp³-hybridized carbons (Fsp3) is 0.0625. The first kappa shape index (κ1) is 12.8.